The van der Waals surface area contributed by atoms with Gasteiger partial charge in [-0.25, -0.2) is 5.48 Å². The SMILES string of the molecule is CC(C)(C)ONC(=O)C1CCCCC1C(F)(F)F. The number of hydrogen-bond acceptors (Lipinski definition) is 2. The highest BCUT2D eigenvalue weighted by Gasteiger charge is 2.48. The van der Waals surface area contributed by atoms with Crippen molar-refractivity contribution in [2.45, 2.75) is 58.2 Å². The summed E-state index contributed by atoms with van der Waals surface area (Å²) in [6.45, 7) is 5.15. The van der Waals surface area contributed by atoms with E-state index in [9.17, 15) is 18.0 Å². The molecule has 2 unspecified atom stereocenters. The van der Waals surface area contributed by atoms with Crippen LogP contribution in [0.15, 0.2) is 0 Å². The quantitative estimate of drug-likeness (QED) is 0.780. The van der Waals surface area contributed by atoms with Crippen LogP contribution in [0.5, 0.6) is 0 Å². The molecule has 1 aliphatic rings. The lowest BCUT2D eigenvalue weighted by Crippen LogP contribution is -2.44. The van der Waals surface area contributed by atoms with Crippen LogP contribution < -0.4 is 5.48 Å². The first-order valence-electron chi connectivity index (χ1n) is 6.16. The lowest BCUT2D eigenvalue weighted by Gasteiger charge is -2.32. The second kappa shape index (κ2) is 5.47. The predicted molar refractivity (Wildman–Crippen MR) is 60.5 cm³/mol. The van der Waals surface area contributed by atoms with E-state index < -0.39 is 29.5 Å². The van der Waals surface area contributed by atoms with E-state index in [2.05, 4.69) is 5.48 Å². The summed E-state index contributed by atoms with van der Waals surface area (Å²) in [6, 6.07) is 0. The Morgan fingerprint density at radius 2 is 1.72 bits per heavy atom. The number of carbonyl (C=O) groups is 1. The van der Waals surface area contributed by atoms with E-state index in [1.54, 1.807) is 20.8 Å². The van der Waals surface area contributed by atoms with Gasteiger partial charge in [0.1, 0.15) is 0 Å². The van der Waals surface area contributed by atoms with E-state index >= 15 is 0 Å². The number of carbonyl (C=O) groups excluding carboxylic acids is 1. The molecule has 1 saturated carbocycles. The zero-order chi connectivity index (χ0) is 14.0. The Labute approximate surface area is 105 Å². The lowest BCUT2D eigenvalue weighted by molar-refractivity contribution is -0.202. The minimum atomic E-state index is -4.32. The van der Waals surface area contributed by atoms with Gasteiger partial charge < -0.3 is 0 Å². The number of nitrogens with one attached hydrogen (secondary N) is 1. The summed E-state index contributed by atoms with van der Waals surface area (Å²) in [6.07, 6.45) is -2.85. The van der Waals surface area contributed by atoms with E-state index in [1.165, 1.54) is 0 Å². The van der Waals surface area contributed by atoms with E-state index in [1.807, 2.05) is 0 Å². The third-order valence-electron chi connectivity index (χ3n) is 2.98. The third-order valence-corrected chi connectivity index (χ3v) is 2.98. The molecule has 6 heteroatoms. The number of halogens is 3. The van der Waals surface area contributed by atoms with Crippen LogP contribution in [0.4, 0.5) is 13.2 Å². The van der Waals surface area contributed by atoms with Crippen LogP contribution in [-0.4, -0.2) is 17.7 Å². The summed E-state index contributed by atoms with van der Waals surface area (Å²) in [5.41, 5.74) is 1.54. The molecule has 106 valence electrons. The van der Waals surface area contributed by atoms with Crippen molar-refractivity contribution in [1.29, 1.82) is 0 Å². The van der Waals surface area contributed by atoms with Crippen molar-refractivity contribution in [2.24, 2.45) is 11.8 Å². The number of hydrogen-bond donors (Lipinski definition) is 1. The van der Waals surface area contributed by atoms with Gasteiger partial charge in [-0.05, 0) is 33.6 Å². The zero-order valence-electron chi connectivity index (χ0n) is 10.9. The highest BCUT2D eigenvalue weighted by atomic mass is 19.4. The fourth-order valence-electron chi connectivity index (χ4n) is 2.12. The largest absolute Gasteiger partial charge is 0.392 e. The first kappa shape index (κ1) is 15.3. The second-order valence-electron chi connectivity index (χ2n) is 5.72. The number of hydroxylamine groups is 1. The predicted octanol–water partition coefficient (Wildman–Crippen LogP) is 3.20. The van der Waals surface area contributed by atoms with E-state index in [0.717, 1.165) is 0 Å². The summed E-state index contributed by atoms with van der Waals surface area (Å²) < 4.78 is 38.4. The summed E-state index contributed by atoms with van der Waals surface area (Å²) >= 11 is 0. The minimum absolute atomic E-state index is 0.0249. The third kappa shape index (κ3) is 4.48. The van der Waals surface area contributed by atoms with Crippen LogP contribution in [0, 0.1) is 11.8 Å². The first-order chi connectivity index (χ1) is 8.11. The number of alkyl halides is 3. The normalized spacial score (nSPS) is 25.9. The van der Waals surface area contributed by atoms with Crippen LogP contribution in [0.3, 0.4) is 0 Å². The van der Waals surface area contributed by atoms with Crippen molar-refractivity contribution >= 4 is 5.91 Å². The molecule has 1 N–H and O–H groups in total. The standard InChI is InChI=1S/C12H20F3NO2/c1-11(2,3)18-16-10(17)8-6-4-5-7-9(8)12(13,14)15/h8-9H,4-7H2,1-3H3,(H,16,17). The first-order valence-corrected chi connectivity index (χ1v) is 6.16. The Morgan fingerprint density at radius 3 is 2.22 bits per heavy atom. The number of rotatable bonds is 2. The highest BCUT2D eigenvalue weighted by molar-refractivity contribution is 5.78. The van der Waals surface area contributed by atoms with Crippen molar-refractivity contribution in [1.82, 2.24) is 5.48 Å². The van der Waals surface area contributed by atoms with Gasteiger partial charge >= 0.3 is 6.18 Å². The fourth-order valence-corrected chi connectivity index (χ4v) is 2.12. The summed E-state index contributed by atoms with van der Waals surface area (Å²) in [5.74, 6) is -3.23. The summed E-state index contributed by atoms with van der Waals surface area (Å²) in [7, 11) is 0. The van der Waals surface area contributed by atoms with Crippen molar-refractivity contribution in [3.8, 4) is 0 Å². The summed E-state index contributed by atoms with van der Waals surface area (Å²) in [4.78, 5) is 16.8. The van der Waals surface area contributed by atoms with E-state index in [4.69, 9.17) is 4.84 Å². The molecule has 1 fully saturated rings. The van der Waals surface area contributed by atoms with E-state index in [-0.39, 0.29) is 12.8 Å². The maximum Gasteiger partial charge on any atom is 0.392 e. The molecule has 1 rings (SSSR count). The topological polar surface area (TPSA) is 38.3 Å². The smallest absolute Gasteiger partial charge is 0.272 e. The highest BCUT2D eigenvalue weighted by Crippen LogP contribution is 2.41. The van der Waals surface area contributed by atoms with Gasteiger partial charge in [-0.15, -0.1) is 0 Å². The number of amides is 1. The van der Waals surface area contributed by atoms with E-state index in [0.29, 0.717) is 12.8 Å². The van der Waals surface area contributed by atoms with Gasteiger partial charge in [-0.1, -0.05) is 12.8 Å². The molecule has 0 aromatic rings. The molecule has 0 aromatic carbocycles. The van der Waals surface area contributed by atoms with Gasteiger partial charge in [0.15, 0.2) is 0 Å². The van der Waals surface area contributed by atoms with Gasteiger partial charge in [-0.3, -0.25) is 9.63 Å². The van der Waals surface area contributed by atoms with Gasteiger partial charge in [0.05, 0.1) is 17.4 Å². The minimum Gasteiger partial charge on any atom is -0.272 e. The maximum atomic E-state index is 12.8. The van der Waals surface area contributed by atoms with Gasteiger partial charge in [0.25, 0.3) is 0 Å². The molecule has 0 bridgehead atoms. The van der Waals surface area contributed by atoms with Gasteiger partial charge in [-0.2, -0.15) is 13.2 Å². The van der Waals surface area contributed by atoms with Crippen molar-refractivity contribution in [3.05, 3.63) is 0 Å². The van der Waals surface area contributed by atoms with Crippen LogP contribution >= 0.6 is 0 Å². The molecule has 0 heterocycles. The van der Waals surface area contributed by atoms with Crippen molar-refractivity contribution in [2.75, 3.05) is 0 Å². The van der Waals surface area contributed by atoms with Gasteiger partial charge in [0, 0.05) is 0 Å². The molecule has 2 atom stereocenters. The lowest BCUT2D eigenvalue weighted by atomic mass is 9.78. The Morgan fingerprint density at radius 1 is 1.17 bits per heavy atom. The molecular formula is C12H20F3NO2. The maximum absolute atomic E-state index is 12.8. The van der Waals surface area contributed by atoms with Gasteiger partial charge in [0.2, 0.25) is 5.91 Å². The fraction of sp³-hybridized carbons (Fsp3) is 0.917. The average molecular weight is 267 g/mol. The van der Waals surface area contributed by atoms with Crippen LogP contribution in [0.25, 0.3) is 0 Å². The molecule has 0 spiro atoms. The summed E-state index contributed by atoms with van der Waals surface area (Å²) in [5, 5.41) is 0. The molecule has 1 aliphatic carbocycles. The average Bonchev–Trinajstić information content (AvgIpc) is 2.24. The van der Waals surface area contributed by atoms with Crippen LogP contribution in [-0.2, 0) is 9.63 Å². The molecular weight excluding hydrogens is 247 g/mol. The molecule has 0 saturated heterocycles. The second-order valence-corrected chi connectivity index (χ2v) is 5.72. The molecule has 0 aliphatic heterocycles. The molecule has 1 amide bonds. The van der Waals surface area contributed by atoms with Crippen LogP contribution in [0.2, 0.25) is 0 Å². The Bertz CT molecular complexity index is 297. The van der Waals surface area contributed by atoms with Crippen LogP contribution in [0.1, 0.15) is 46.5 Å². The van der Waals surface area contributed by atoms with Crippen molar-refractivity contribution in [3.63, 3.8) is 0 Å². The molecule has 3 nitrogen and oxygen atoms in total. The van der Waals surface area contributed by atoms with Crippen molar-refractivity contribution < 1.29 is 22.8 Å². The zero-order valence-corrected chi connectivity index (χ0v) is 10.9. The monoisotopic (exact) mass is 267 g/mol. The molecule has 0 aromatic heterocycles. The Hall–Kier alpha value is -0.780. The molecule has 0 radical (unpaired) electrons. The Kier molecular flexibility index (Phi) is 4.64. The Balaban J connectivity index is 2.64. The molecule has 18 heavy (non-hydrogen) atoms.